The Kier molecular flexibility index (Phi) is 2.44. The Balaban J connectivity index is 2.73. The molecule has 2 rings (SSSR count). The summed E-state index contributed by atoms with van der Waals surface area (Å²) in [6.45, 7) is 0.111. The van der Waals surface area contributed by atoms with Crippen molar-refractivity contribution in [3.63, 3.8) is 0 Å². The predicted molar refractivity (Wildman–Crippen MR) is 56.5 cm³/mol. The van der Waals surface area contributed by atoms with E-state index in [1.54, 1.807) is 4.68 Å². The van der Waals surface area contributed by atoms with Gasteiger partial charge in [-0.3, -0.25) is 4.68 Å². The number of aromatic nitrogens is 2. The molecule has 0 unspecified atom stereocenters. The second-order valence-electron chi connectivity index (χ2n) is 3.18. The molecule has 1 aromatic heterocycles. The largest absolute Gasteiger partial charge is 0.396 e. The highest BCUT2D eigenvalue weighted by atomic mass is 35.5. The lowest BCUT2D eigenvalue weighted by atomic mass is 10.2. The molecule has 0 aliphatic heterocycles. The molecular formula is C10H11ClN2O. The van der Waals surface area contributed by atoms with Gasteiger partial charge in [-0.2, -0.15) is 5.10 Å². The van der Waals surface area contributed by atoms with E-state index in [0.29, 0.717) is 11.4 Å². The Morgan fingerprint density at radius 2 is 2.29 bits per heavy atom. The van der Waals surface area contributed by atoms with Gasteiger partial charge in [0.15, 0.2) is 0 Å². The van der Waals surface area contributed by atoms with E-state index in [9.17, 15) is 0 Å². The first-order valence-corrected chi connectivity index (χ1v) is 4.83. The van der Waals surface area contributed by atoms with Crippen LogP contribution < -0.4 is 0 Å². The van der Waals surface area contributed by atoms with E-state index in [1.165, 1.54) is 0 Å². The standard InChI is InChI=1S/C10H11ClN2O/c1-13-9(5-6-14)10-7(11)3-2-4-8(10)12-13/h2-4,14H,5-6H2,1H3. The van der Waals surface area contributed by atoms with Gasteiger partial charge in [0, 0.05) is 31.2 Å². The lowest BCUT2D eigenvalue weighted by molar-refractivity contribution is 0.296. The molecule has 0 atom stereocenters. The van der Waals surface area contributed by atoms with Crippen molar-refractivity contribution in [1.82, 2.24) is 9.78 Å². The minimum absolute atomic E-state index is 0.111. The summed E-state index contributed by atoms with van der Waals surface area (Å²) in [5, 5.41) is 14.9. The van der Waals surface area contributed by atoms with Gasteiger partial charge >= 0.3 is 0 Å². The number of fused-ring (bicyclic) bond motifs is 1. The number of aliphatic hydroxyl groups is 1. The maximum Gasteiger partial charge on any atom is 0.0941 e. The van der Waals surface area contributed by atoms with Crippen LogP contribution in [0.3, 0.4) is 0 Å². The maximum absolute atomic E-state index is 8.93. The smallest absolute Gasteiger partial charge is 0.0941 e. The highest BCUT2D eigenvalue weighted by Crippen LogP contribution is 2.26. The average molecular weight is 211 g/mol. The molecule has 4 heteroatoms. The van der Waals surface area contributed by atoms with Gasteiger partial charge in [0.1, 0.15) is 0 Å². The molecule has 1 heterocycles. The number of benzene rings is 1. The fourth-order valence-electron chi connectivity index (χ4n) is 1.66. The number of halogens is 1. The first-order valence-electron chi connectivity index (χ1n) is 4.45. The topological polar surface area (TPSA) is 38.0 Å². The molecule has 1 N–H and O–H groups in total. The summed E-state index contributed by atoms with van der Waals surface area (Å²) >= 11 is 6.08. The molecule has 0 amide bonds. The fraction of sp³-hybridized carbons (Fsp3) is 0.300. The number of hydrogen-bond donors (Lipinski definition) is 1. The third kappa shape index (κ3) is 1.38. The van der Waals surface area contributed by atoms with E-state index in [0.717, 1.165) is 16.6 Å². The number of rotatable bonds is 2. The predicted octanol–water partition coefficient (Wildman–Crippen LogP) is 1.76. The van der Waals surface area contributed by atoms with Gasteiger partial charge in [-0.25, -0.2) is 0 Å². The summed E-state index contributed by atoms with van der Waals surface area (Å²) in [5.74, 6) is 0. The number of aryl methyl sites for hydroxylation is 1. The molecule has 0 spiro atoms. The molecule has 0 fully saturated rings. The zero-order valence-electron chi connectivity index (χ0n) is 7.87. The Bertz CT molecular complexity index is 464. The van der Waals surface area contributed by atoms with E-state index in [-0.39, 0.29) is 6.61 Å². The Morgan fingerprint density at radius 3 is 3.00 bits per heavy atom. The van der Waals surface area contributed by atoms with Gasteiger partial charge in [0.2, 0.25) is 0 Å². The first kappa shape index (κ1) is 9.49. The second-order valence-corrected chi connectivity index (χ2v) is 3.59. The summed E-state index contributed by atoms with van der Waals surface area (Å²) < 4.78 is 1.77. The Hall–Kier alpha value is -1.06. The number of nitrogens with zero attached hydrogens (tertiary/aromatic N) is 2. The molecule has 14 heavy (non-hydrogen) atoms. The molecule has 0 radical (unpaired) electrons. The second kappa shape index (κ2) is 3.59. The fourth-order valence-corrected chi connectivity index (χ4v) is 1.94. The molecule has 0 aliphatic carbocycles. The highest BCUT2D eigenvalue weighted by molar-refractivity contribution is 6.35. The minimum atomic E-state index is 0.111. The van der Waals surface area contributed by atoms with Gasteiger partial charge in [0.25, 0.3) is 0 Å². The average Bonchev–Trinajstić information content (AvgIpc) is 2.45. The van der Waals surface area contributed by atoms with Gasteiger partial charge < -0.3 is 5.11 Å². The lowest BCUT2D eigenvalue weighted by Gasteiger charge is -2.00. The van der Waals surface area contributed by atoms with E-state index < -0.39 is 0 Å². The van der Waals surface area contributed by atoms with Crippen LogP contribution in [0.4, 0.5) is 0 Å². The summed E-state index contributed by atoms with van der Waals surface area (Å²) in [6, 6.07) is 5.63. The third-order valence-electron chi connectivity index (χ3n) is 2.28. The lowest BCUT2D eigenvalue weighted by Crippen LogP contribution is -2.00. The van der Waals surface area contributed by atoms with E-state index in [1.807, 2.05) is 25.2 Å². The van der Waals surface area contributed by atoms with Gasteiger partial charge in [0.05, 0.1) is 10.5 Å². The molecule has 0 bridgehead atoms. The van der Waals surface area contributed by atoms with Crippen molar-refractivity contribution in [3.05, 3.63) is 28.9 Å². The Labute approximate surface area is 86.9 Å². The molecule has 1 aromatic carbocycles. The molecule has 2 aromatic rings. The van der Waals surface area contributed by atoms with E-state index in [4.69, 9.17) is 16.7 Å². The van der Waals surface area contributed by atoms with Crippen molar-refractivity contribution in [2.75, 3.05) is 6.61 Å². The van der Waals surface area contributed by atoms with Crippen molar-refractivity contribution in [2.24, 2.45) is 7.05 Å². The van der Waals surface area contributed by atoms with Crippen LogP contribution in [-0.4, -0.2) is 21.5 Å². The minimum Gasteiger partial charge on any atom is -0.396 e. The van der Waals surface area contributed by atoms with Crippen LogP contribution in [0.1, 0.15) is 5.69 Å². The van der Waals surface area contributed by atoms with Gasteiger partial charge in [-0.1, -0.05) is 17.7 Å². The van der Waals surface area contributed by atoms with Crippen molar-refractivity contribution in [2.45, 2.75) is 6.42 Å². The third-order valence-corrected chi connectivity index (χ3v) is 2.59. The summed E-state index contributed by atoms with van der Waals surface area (Å²) in [6.07, 6.45) is 0.580. The maximum atomic E-state index is 8.93. The summed E-state index contributed by atoms with van der Waals surface area (Å²) in [4.78, 5) is 0. The normalized spacial score (nSPS) is 11.1. The van der Waals surface area contributed by atoms with Crippen LogP contribution in [0.2, 0.25) is 5.02 Å². The number of aliphatic hydroxyl groups excluding tert-OH is 1. The molecule has 0 saturated heterocycles. The van der Waals surface area contributed by atoms with Crippen LogP contribution in [0.25, 0.3) is 10.9 Å². The van der Waals surface area contributed by atoms with Crippen molar-refractivity contribution < 1.29 is 5.11 Å². The van der Waals surface area contributed by atoms with Crippen LogP contribution in [0.15, 0.2) is 18.2 Å². The van der Waals surface area contributed by atoms with Crippen molar-refractivity contribution in [3.8, 4) is 0 Å². The van der Waals surface area contributed by atoms with Crippen LogP contribution in [0.5, 0.6) is 0 Å². The molecular weight excluding hydrogens is 200 g/mol. The number of hydrogen-bond acceptors (Lipinski definition) is 2. The summed E-state index contributed by atoms with van der Waals surface area (Å²) in [5.41, 5.74) is 1.86. The van der Waals surface area contributed by atoms with Crippen LogP contribution >= 0.6 is 11.6 Å². The zero-order valence-corrected chi connectivity index (χ0v) is 8.62. The quantitative estimate of drug-likeness (QED) is 0.821. The van der Waals surface area contributed by atoms with Crippen molar-refractivity contribution >= 4 is 22.5 Å². The van der Waals surface area contributed by atoms with Gasteiger partial charge in [-0.05, 0) is 12.1 Å². The van der Waals surface area contributed by atoms with Crippen molar-refractivity contribution in [1.29, 1.82) is 0 Å². The first-order chi connectivity index (χ1) is 6.74. The Morgan fingerprint density at radius 1 is 1.50 bits per heavy atom. The zero-order chi connectivity index (χ0) is 10.1. The SMILES string of the molecule is Cn1nc2cccc(Cl)c2c1CCO. The van der Waals surface area contributed by atoms with Crippen LogP contribution in [-0.2, 0) is 13.5 Å². The van der Waals surface area contributed by atoms with Gasteiger partial charge in [-0.15, -0.1) is 0 Å². The monoisotopic (exact) mass is 210 g/mol. The molecule has 0 aliphatic rings. The molecule has 3 nitrogen and oxygen atoms in total. The molecule has 0 saturated carbocycles. The summed E-state index contributed by atoms with van der Waals surface area (Å²) in [7, 11) is 1.86. The molecule has 74 valence electrons. The van der Waals surface area contributed by atoms with Crippen LogP contribution in [0, 0.1) is 0 Å². The van der Waals surface area contributed by atoms with E-state index >= 15 is 0 Å². The van der Waals surface area contributed by atoms with E-state index in [2.05, 4.69) is 5.10 Å². The highest BCUT2D eigenvalue weighted by Gasteiger charge is 2.10.